The van der Waals surface area contributed by atoms with Crippen LogP contribution in [0.2, 0.25) is 0 Å². The van der Waals surface area contributed by atoms with Crippen molar-refractivity contribution in [3.63, 3.8) is 0 Å². The highest BCUT2D eigenvalue weighted by atomic mass is 35.5. The second-order valence-corrected chi connectivity index (χ2v) is 1.85. The third kappa shape index (κ3) is 10.7. The van der Waals surface area contributed by atoms with Gasteiger partial charge in [0.1, 0.15) is 0 Å². The van der Waals surface area contributed by atoms with E-state index in [-0.39, 0.29) is 5.48 Å². The molecule has 46 valence electrons. The minimum absolute atomic E-state index is 0. The van der Waals surface area contributed by atoms with Crippen LogP contribution in [0.1, 0.15) is 0 Å². The minimum Gasteiger partial charge on any atom is -0.412 e. The van der Waals surface area contributed by atoms with E-state index in [1.165, 1.54) is 0 Å². The summed E-state index contributed by atoms with van der Waals surface area (Å²) >= 11 is 4.14. The Kier molecular flexibility index (Phi) is 4.60. The smallest absolute Gasteiger partial charge is 0.412 e. The van der Waals surface area contributed by atoms with Crippen LogP contribution < -0.4 is 0 Å². The molecular weight excluding hydrogens is 148 g/mol. The molecule has 0 atom stereocenters. The highest BCUT2D eigenvalue weighted by molar-refractivity contribution is 7.81. The molecule has 0 aliphatic heterocycles. The van der Waals surface area contributed by atoms with Gasteiger partial charge in [-0.1, -0.05) is 0 Å². The average Bonchev–Trinajstić information content (AvgIpc) is 1.35. The van der Waals surface area contributed by atoms with Crippen molar-refractivity contribution in [1.29, 1.82) is 0 Å². The van der Waals surface area contributed by atoms with Gasteiger partial charge in [0.2, 0.25) is 0 Å². The lowest BCUT2D eigenvalue weighted by Gasteiger charge is -1.77. The Bertz CT molecular complexity index is 110. The summed E-state index contributed by atoms with van der Waals surface area (Å²) in [7, 11) is -4.40. The second kappa shape index (κ2) is 3.16. The van der Waals surface area contributed by atoms with Gasteiger partial charge in [-0.15, -0.1) is 3.74 Å². The molecule has 0 unspecified atom stereocenters. The Hall–Kier alpha value is 0.120. The summed E-state index contributed by atoms with van der Waals surface area (Å²) in [6.07, 6.45) is 0. The van der Waals surface area contributed by atoms with Crippen LogP contribution in [0.5, 0.6) is 0 Å². The minimum atomic E-state index is -4.40. The van der Waals surface area contributed by atoms with Crippen LogP contribution in [0.4, 0.5) is 0 Å². The van der Waals surface area contributed by atoms with E-state index in [1.807, 2.05) is 0 Å². The van der Waals surface area contributed by atoms with Crippen molar-refractivity contribution in [2.75, 3.05) is 0 Å². The third-order valence-electron chi connectivity index (χ3n) is 0.0796. The van der Waals surface area contributed by atoms with E-state index in [1.54, 1.807) is 0 Å². The monoisotopic (exact) mass is 150 g/mol. The highest BCUT2D eigenvalue weighted by Crippen LogP contribution is 1.86. The topological polar surface area (TPSA) is 95.1 Å². The summed E-state index contributed by atoms with van der Waals surface area (Å²) < 4.78 is 28.8. The van der Waals surface area contributed by atoms with Crippen LogP contribution in [0.15, 0.2) is 0 Å². The Labute approximate surface area is 45.3 Å². The van der Waals surface area contributed by atoms with Gasteiger partial charge in [0.05, 0.1) is 11.9 Å². The SMILES string of the molecule is O.O=S(=O)(O)OCl. The van der Waals surface area contributed by atoms with E-state index in [9.17, 15) is 8.42 Å². The zero-order valence-electron chi connectivity index (χ0n) is 2.96. The normalized spacial score (nSPS) is 10.0. The number of hydrogen-bond acceptors (Lipinski definition) is 3. The molecule has 0 aliphatic rings. The summed E-state index contributed by atoms with van der Waals surface area (Å²) in [4.78, 5) is 0. The molecule has 5 nitrogen and oxygen atoms in total. The van der Waals surface area contributed by atoms with Crippen molar-refractivity contribution >= 4 is 22.3 Å². The fraction of sp³-hybridized carbons (Fsp3) is 0. The van der Waals surface area contributed by atoms with E-state index in [4.69, 9.17) is 4.55 Å². The molecule has 3 N–H and O–H groups in total. The summed E-state index contributed by atoms with van der Waals surface area (Å²) in [5, 5.41) is 0. The van der Waals surface area contributed by atoms with Gasteiger partial charge in [0.25, 0.3) is 0 Å². The van der Waals surface area contributed by atoms with Gasteiger partial charge in [0, 0.05) is 0 Å². The summed E-state index contributed by atoms with van der Waals surface area (Å²) in [5.41, 5.74) is 0. The molecule has 0 aromatic rings. The second-order valence-electron chi connectivity index (χ2n) is 0.491. The molecule has 0 saturated carbocycles. The lowest BCUT2D eigenvalue weighted by atomic mass is 15.8. The van der Waals surface area contributed by atoms with Gasteiger partial charge in [-0.3, -0.25) is 4.55 Å². The van der Waals surface area contributed by atoms with Gasteiger partial charge < -0.3 is 5.48 Å². The first-order valence-electron chi connectivity index (χ1n) is 0.837. The molecule has 0 aliphatic carbocycles. The van der Waals surface area contributed by atoms with Crippen molar-refractivity contribution in [2.24, 2.45) is 0 Å². The van der Waals surface area contributed by atoms with E-state index in [0.717, 1.165) is 0 Å². The van der Waals surface area contributed by atoms with Gasteiger partial charge >= 0.3 is 10.4 Å². The van der Waals surface area contributed by atoms with Gasteiger partial charge in [-0.05, 0) is 0 Å². The van der Waals surface area contributed by atoms with Crippen LogP contribution in [0, 0.1) is 0 Å². The van der Waals surface area contributed by atoms with E-state index in [2.05, 4.69) is 15.6 Å². The first-order valence-corrected chi connectivity index (χ1v) is 2.51. The summed E-state index contributed by atoms with van der Waals surface area (Å²) in [6, 6.07) is 0. The van der Waals surface area contributed by atoms with Crippen LogP contribution in [0.25, 0.3) is 0 Å². The Morgan fingerprint density at radius 3 is 1.71 bits per heavy atom. The van der Waals surface area contributed by atoms with Crippen molar-refractivity contribution in [2.45, 2.75) is 0 Å². The van der Waals surface area contributed by atoms with Gasteiger partial charge in [0.15, 0.2) is 0 Å². The maximum atomic E-state index is 9.20. The molecule has 0 amide bonds. The molecule has 0 rings (SSSR count). The van der Waals surface area contributed by atoms with Crippen LogP contribution in [-0.4, -0.2) is 18.4 Å². The lowest BCUT2D eigenvalue weighted by Crippen LogP contribution is -1.92. The zero-order valence-corrected chi connectivity index (χ0v) is 4.53. The quantitative estimate of drug-likeness (QED) is 0.492. The maximum Gasteiger partial charge on any atom is 0.413 e. The van der Waals surface area contributed by atoms with E-state index >= 15 is 0 Å². The summed E-state index contributed by atoms with van der Waals surface area (Å²) in [6.45, 7) is 0. The Morgan fingerprint density at radius 2 is 1.71 bits per heavy atom. The fourth-order valence-electron chi connectivity index (χ4n) is 0. The first kappa shape index (κ1) is 10.2. The lowest BCUT2D eigenvalue weighted by molar-refractivity contribution is 0.400. The predicted molar refractivity (Wildman–Crippen MR) is 22.1 cm³/mol. The van der Waals surface area contributed by atoms with Crippen molar-refractivity contribution < 1.29 is 22.2 Å². The maximum absolute atomic E-state index is 9.20. The molecule has 7 heteroatoms. The number of rotatable bonds is 1. The van der Waals surface area contributed by atoms with E-state index in [0.29, 0.717) is 0 Å². The molecular formula is H3ClO5S. The van der Waals surface area contributed by atoms with Crippen LogP contribution >= 0.6 is 11.9 Å². The molecule has 0 aromatic heterocycles. The largest absolute Gasteiger partial charge is 0.413 e. The average molecular weight is 151 g/mol. The Balaban J connectivity index is 0. The van der Waals surface area contributed by atoms with Crippen molar-refractivity contribution in [3.05, 3.63) is 0 Å². The molecule has 0 bridgehead atoms. The Morgan fingerprint density at radius 1 is 1.57 bits per heavy atom. The molecule has 0 aromatic carbocycles. The predicted octanol–water partition coefficient (Wildman–Crippen LogP) is -0.865. The zero-order chi connectivity index (χ0) is 5.21. The van der Waals surface area contributed by atoms with Gasteiger partial charge in [-0.25, -0.2) is 0 Å². The van der Waals surface area contributed by atoms with E-state index < -0.39 is 10.4 Å². The van der Waals surface area contributed by atoms with Crippen molar-refractivity contribution in [1.82, 2.24) is 0 Å². The first-order chi connectivity index (χ1) is 2.56. The molecule has 7 heavy (non-hydrogen) atoms. The highest BCUT2D eigenvalue weighted by Gasteiger charge is 1.97. The van der Waals surface area contributed by atoms with Gasteiger partial charge in [-0.2, -0.15) is 8.42 Å². The van der Waals surface area contributed by atoms with Crippen LogP contribution in [0.3, 0.4) is 0 Å². The third-order valence-corrected chi connectivity index (χ3v) is 0.716. The standard InChI is InChI=1S/ClHO4S.H2O/c1-5-6(2,3)4;/h(H,2,3,4);1H2. The molecule has 0 saturated heterocycles. The van der Waals surface area contributed by atoms with Crippen LogP contribution in [-0.2, 0) is 14.1 Å². The molecule has 0 fully saturated rings. The number of hydrogen-bond donors (Lipinski definition) is 1. The summed E-state index contributed by atoms with van der Waals surface area (Å²) in [5.74, 6) is 0. The molecule has 0 spiro atoms. The van der Waals surface area contributed by atoms with Crippen molar-refractivity contribution in [3.8, 4) is 0 Å². The molecule has 0 heterocycles. The fourth-order valence-corrected chi connectivity index (χ4v) is 0. The number of halogens is 1. The molecule has 0 radical (unpaired) electrons.